The SMILES string of the molecule is CC(C)(C)c1ccc(SCCNCc2cncnc2)cc1. The first-order valence-corrected chi connectivity index (χ1v) is 8.22. The molecule has 0 bridgehead atoms. The van der Waals surface area contributed by atoms with E-state index in [9.17, 15) is 0 Å². The van der Waals surface area contributed by atoms with E-state index in [-0.39, 0.29) is 5.41 Å². The van der Waals surface area contributed by atoms with Crippen molar-refractivity contribution in [1.29, 1.82) is 0 Å². The van der Waals surface area contributed by atoms with Crippen LogP contribution in [0.4, 0.5) is 0 Å². The maximum absolute atomic E-state index is 4.00. The number of hydrogen-bond acceptors (Lipinski definition) is 4. The van der Waals surface area contributed by atoms with Gasteiger partial charge in [-0.3, -0.25) is 0 Å². The van der Waals surface area contributed by atoms with Gasteiger partial charge in [0.25, 0.3) is 0 Å². The predicted octanol–water partition coefficient (Wildman–Crippen LogP) is 3.66. The third kappa shape index (κ3) is 5.48. The molecule has 1 heterocycles. The molecule has 1 aromatic carbocycles. The summed E-state index contributed by atoms with van der Waals surface area (Å²) in [4.78, 5) is 9.33. The molecule has 2 rings (SSSR count). The molecule has 0 amide bonds. The van der Waals surface area contributed by atoms with E-state index in [2.05, 4.69) is 60.3 Å². The Balaban J connectivity index is 1.69. The van der Waals surface area contributed by atoms with Crippen LogP contribution in [0.1, 0.15) is 31.9 Å². The number of thioether (sulfide) groups is 1. The minimum atomic E-state index is 0.225. The minimum absolute atomic E-state index is 0.225. The van der Waals surface area contributed by atoms with Crippen molar-refractivity contribution in [1.82, 2.24) is 15.3 Å². The molecule has 0 aliphatic carbocycles. The minimum Gasteiger partial charge on any atom is -0.312 e. The lowest BCUT2D eigenvalue weighted by Gasteiger charge is -2.19. The zero-order valence-electron chi connectivity index (χ0n) is 13.0. The number of benzene rings is 1. The Hall–Kier alpha value is -1.39. The van der Waals surface area contributed by atoms with Crippen molar-refractivity contribution < 1.29 is 0 Å². The number of hydrogen-bond donors (Lipinski definition) is 1. The van der Waals surface area contributed by atoms with Crippen molar-refractivity contribution in [2.45, 2.75) is 37.6 Å². The predicted molar refractivity (Wildman–Crippen MR) is 89.6 cm³/mol. The lowest BCUT2D eigenvalue weighted by molar-refractivity contribution is 0.590. The first kappa shape index (κ1) is 16.0. The molecule has 0 fully saturated rings. The van der Waals surface area contributed by atoms with Crippen LogP contribution in [-0.2, 0) is 12.0 Å². The van der Waals surface area contributed by atoms with Gasteiger partial charge in [-0.25, -0.2) is 9.97 Å². The lowest BCUT2D eigenvalue weighted by Crippen LogP contribution is -2.16. The summed E-state index contributed by atoms with van der Waals surface area (Å²) in [5, 5.41) is 3.41. The molecule has 0 aliphatic rings. The highest BCUT2D eigenvalue weighted by Gasteiger charge is 2.12. The van der Waals surface area contributed by atoms with Crippen LogP contribution in [0.15, 0.2) is 47.9 Å². The van der Waals surface area contributed by atoms with E-state index < -0.39 is 0 Å². The molecule has 0 saturated heterocycles. The van der Waals surface area contributed by atoms with E-state index in [1.807, 2.05) is 24.2 Å². The maximum Gasteiger partial charge on any atom is 0.115 e. The number of nitrogens with zero attached hydrogens (tertiary/aromatic N) is 2. The summed E-state index contributed by atoms with van der Waals surface area (Å²) in [6.45, 7) is 8.52. The van der Waals surface area contributed by atoms with Gasteiger partial charge in [0, 0.05) is 41.7 Å². The highest BCUT2D eigenvalue weighted by atomic mass is 32.2. The number of rotatable bonds is 6. The smallest absolute Gasteiger partial charge is 0.115 e. The van der Waals surface area contributed by atoms with Crippen molar-refractivity contribution >= 4 is 11.8 Å². The Kier molecular flexibility index (Phi) is 5.76. The van der Waals surface area contributed by atoms with Crippen LogP contribution in [0, 0.1) is 0 Å². The van der Waals surface area contributed by atoms with Crippen LogP contribution in [0.25, 0.3) is 0 Å². The molecule has 0 unspecified atom stereocenters. The second-order valence-corrected chi connectivity index (χ2v) is 7.21. The molecule has 0 radical (unpaired) electrons. The summed E-state index contributed by atoms with van der Waals surface area (Å²) in [5.41, 5.74) is 2.73. The van der Waals surface area contributed by atoms with Gasteiger partial charge in [0.15, 0.2) is 0 Å². The zero-order valence-corrected chi connectivity index (χ0v) is 13.8. The van der Waals surface area contributed by atoms with Gasteiger partial charge < -0.3 is 5.32 Å². The average Bonchev–Trinajstić information content (AvgIpc) is 2.47. The molecule has 112 valence electrons. The molecule has 0 saturated carbocycles. The van der Waals surface area contributed by atoms with Crippen LogP contribution in [0.5, 0.6) is 0 Å². The fraction of sp³-hybridized carbons (Fsp3) is 0.412. The highest BCUT2D eigenvalue weighted by Crippen LogP contribution is 2.25. The molecule has 4 heteroatoms. The molecule has 2 aromatic rings. The Morgan fingerprint density at radius 3 is 2.33 bits per heavy atom. The summed E-state index contributed by atoms with van der Waals surface area (Å²) in [6, 6.07) is 8.90. The third-order valence-electron chi connectivity index (χ3n) is 3.21. The van der Waals surface area contributed by atoms with Crippen molar-refractivity contribution in [3.05, 3.63) is 54.1 Å². The van der Waals surface area contributed by atoms with Crippen LogP contribution in [-0.4, -0.2) is 22.3 Å². The van der Waals surface area contributed by atoms with Gasteiger partial charge in [0.05, 0.1) is 0 Å². The van der Waals surface area contributed by atoms with Crippen molar-refractivity contribution in [2.24, 2.45) is 0 Å². The number of aromatic nitrogens is 2. The second kappa shape index (κ2) is 7.57. The molecule has 1 N–H and O–H groups in total. The van der Waals surface area contributed by atoms with Gasteiger partial charge >= 0.3 is 0 Å². The van der Waals surface area contributed by atoms with Gasteiger partial charge in [0.1, 0.15) is 6.33 Å². The zero-order chi connectivity index (χ0) is 15.1. The molecule has 3 nitrogen and oxygen atoms in total. The summed E-state index contributed by atoms with van der Waals surface area (Å²) >= 11 is 1.88. The molecule has 0 spiro atoms. The topological polar surface area (TPSA) is 37.8 Å². The largest absolute Gasteiger partial charge is 0.312 e. The molecular weight excluding hydrogens is 278 g/mol. The van der Waals surface area contributed by atoms with Crippen molar-refractivity contribution in [3.63, 3.8) is 0 Å². The van der Waals surface area contributed by atoms with Crippen LogP contribution < -0.4 is 5.32 Å². The van der Waals surface area contributed by atoms with Gasteiger partial charge in [-0.05, 0) is 23.1 Å². The van der Waals surface area contributed by atoms with Crippen LogP contribution >= 0.6 is 11.8 Å². The molecule has 21 heavy (non-hydrogen) atoms. The Bertz CT molecular complexity index is 532. The van der Waals surface area contributed by atoms with Gasteiger partial charge in [-0.1, -0.05) is 32.9 Å². The third-order valence-corrected chi connectivity index (χ3v) is 4.22. The van der Waals surface area contributed by atoms with E-state index in [4.69, 9.17) is 0 Å². The van der Waals surface area contributed by atoms with Crippen molar-refractivity contribution in [2.75, 3.05) is 12.3 Å². The monoisotopic (exact) mass is 301 g/mol. The van der Waals surface area contributed by atoms with E-state index >= 15 is 0 Å². The maximum atomic E-state index is 4.00. The Morgan fingerprint density at radius 1 is 1.05 bits per heavy atom. The van der Waals surface area contributed by atoms with Crippen LogP contribution in [0.3, 0.4) is 0 Å². The normalized spacial score (nSPS) is 11.6. The van der Waals surface area contributed by atoms with Gasteiger partial charge in [-0.15, -0.1) is 11.8 Å². The quantitative estimate of drug-likeness (QED) is 0.653. The van der Waals surface area contributed by atoms with Gasteiger partial charge in [0.2, 0.25) is 0 Å². The van der Waals surface area contributed by atoms with Crippen LogP contribution in [0.2, 0.25) is 0 Å². The molecule has 0 atom stereocenters. The van der Waals surface area contributed by atoms with E-state index in [0.717, 1.165) is 24.4 Å². The fourth-order valence-electron chi connectivity index (χ4n) is 1.95. The van der Waals surface area contributed by atoms with E-state index in [0.29, 0.717) is 0 Å². The van der Waals surface area contributed by atoms with E-state index in [1.165, 1.54) is 10.5 Å². The number of nitrogens with one attached hydrogen (secondary N) is 1. The Morgan fingerprint density at radius 2 is 1.71 bits per heavy atom. The van der Waals surface area contributed by atoms with Gasteiger partial charge in [-0.2, -0.15) is 0 Å². The summed E-state index contributed by atoms with van der Waals surface area (Å²) in [5.74, 6) is 1.06. The fourth-order valence-corrected chi connectivity index (χ4v) is 2.76. The molecule has 1 aromatic heterocycles. The lowest BCUT2D eigenvalue weighted by atomic mass is 9.87. The van der Waals surface area contributed by atoms with E-state index in [1.54, 1.807) is 6.33 Å². The van der Waals surface area contributed by atoms with Crippen molar-refractivity contribution in [3.8, 4) is 0 Å². The first-order chi connectivity index (χ1) is 10.1. The summed E-state index contributed by atoms with van der Waals surface area (Å²) in [7, 11) is 0. The first-order valence-electron chi connectivity index (χ1n) is 7.23. The molecule has 0 aliphatic heterocycles. The standard InChI is InChI=1S/C17H23N3S/c1-17(2,3)15-4-6-16(7-5-15)21-9-8-18-10-14-11-19-13-20-12-14/h4-7,11-13,18H,8-10H2,1-3H3. The summed E-state index contributed by atoms with van der Waals surface area (Å²) in [6.07, 6.45) is 5.25. The second-order valence-electron chi connectivity index (χ2n) is 6.05. The molecular formula is C17H23N3S. The summed E-state index contributed by atoms with van der Waals surface area (Å²) < 4.78 is 0. The Labute approximate surface area is 131 Å². The highest BCUT2D eigenvalue weighted by molar-refractivity contribution is 7.99. The average molecular weight is 301 g/mol.